The minimum atomic E-state index is -0.0520. The molecule has 0 amide bonds. The molecule has 1 N–H and O–H groups in total. The molecule has 0 bridgehead atoms. The first-order valence-corrected chi connectivity index (χ1v) is 5.30. The highest BCUT2D eigenvalue weighted by Gasteiger charge is 2.08. The van der Waals surface area contributed by atoms with E-state index in [1.807, 2.05) is 6.26 Å². The number of aliphatic hydroxyl groups excluding tert-OH is 1. The van der Waals surface area contributed by atoms with Crippen molar-refractivity contribution in [1.82, 2.24) is 0 Å². The van der Waals surface area contributed by atoms with Crippen LogP contribution in [0.15, 0.2) is 17.0 Å². The molecule has 0 unspecified atom stereocenters. The Bertz CT molecular complexity index is 289. The molecule has 1 nitrogen and oxygen atoms in total. The molecule has 0 saturated heterocycles. The maximum absolute atomic E-state index is 8.89. The topological polar surface area (TPSA) is 20.2 Å². The number of benzene rings is 1. The number of hydrogen-bond donors (Lipinski definition) is 1. The third kappa shape index (κ3) is 1.88. The van der Waals surface area contributed by atoms with E-state index < -0.39 is 0 Å². The predicted octanol–water partition coefficient (Wildman–Crippen LogP) is 3.21. The minimum Gasteiger partial charge on any atom is -0.392 e. The molecular weight excluding hydrogens is 215 g/mol. The fraction of sp³-hybridized carbons (Fsp3) is 0.250. The van der Waals surface area contributed by atoms with Gasteiger partial charge >= 0.3 is 0 Å². The van der Waals surface area contributed by atoms with Crippen LogP contribution in [-0.2, 0) is 6.61 Å². The van der Waals surface area contributed by atoms with Gasteiger partial charge in [-0.05, 0) is 17.9 Å². The molecule has 0 aromatic heterocycles. The van der Waals surface area contributed by atoms with E-state index in [1.54, 1.807) is 12.1 Å². The first kappa shape index (κ1) is 10.2. The SMILES string of the molecule is CSc1c(Cl)ccc(CO)c1Cl. The molecule has 4 heteroatoms. The molecule has 0 fully saturated rings. The van der Waals surface area contributed by atoms with Crippen molar-refractivity contribution in [3.63, 3.8) is 0 Å². The Morgan fingerprint density at radius 1 is 1.42 bits per heavy atom. The van der Waals surface area contributed by atoms with Crippen LogP contribution < -0.4 is 0 Å². The lowest BCUT2D eigenvalue weighted by Gasteiger charge is -2.06. The Morgan fingerprint density at radius 3 is 2.58 bits per heavy atom. The highest BCUT2D eigenvalue weighted by molar-refractivity contribution is 7.98. The average molecular weight is 223 g/mol. The van der Waals surface area contributed by atoms with Gasteiger partial charge in [0.15, 0.2) is 0 Å². The van der Waals surface area contributed by atoms with Gasteiger partial charge in [0.05, 0.1) is 16.7 Å². The van der Waals surface area contributed by atoms with Crippen molar-refractivity contribution < 1.29 is 5.11 Å². The second kappa shape index (κ2) is 4.38. The number of halogens is 2. The van der Waals surface area contributed by atoms with Crippen LogP contribution in [0.3, 0.4) is 0 Å². The predicted molar refractivity (Wildman–Crippen MR) is 54.2 cm³/mol. The molecule has 0 aliphatic heterocycles. The van der Waals surface area contributed by atoms with Gasteiger partial charge in [0.1, 0.15) is 0 Å². The summed E-state index contributed by atoms with van der Waals surface area (Å²) in [6.45, 7) is -0.0520. The highest BCUT2D eigenvalue weighted by Crippen LogP contribution is 2.34. The minimum absolute atomic E-state index is 0.0520. The normalized spacial score (nSPS) is 10.3. The smallest absolute Gasteiger partial charge is 0.0696 e. The van der Waals surface area contributed by atoms with Gasteiger partial charge in [0, 0.05) is 4.90 Å². The van der Waals surface area contributed by atoms with Crippen molar-refractivity contribution in [1.29, 1.82) is 0 Å². The fourth-order valence-corrected chi connectivity index (χ4v) is 2.35. The van der Waals surface area contributed by atoms with Crippen LogP contribution in [0.2, 0.25) is 10.0 Å². The molecule has 0 radical (unpaired) electrons. The van der Waals surface area contributed by atoms with Crippen LogP contribution >= 0.6 is 35.0 Å². The van der Waals surface area contributed by atoms with Crippen LogP contribution in [-0.4, -0.2) is 11.4 Å². The zero-order chi connectivity index (χ0) is 9.14. The molecule has 1 rings (SSSR count). The molecule has 0 saturated carbocycles. The second-order valence-electron chi connectivity index (χ2n) is 2.21. The third-order valence-corrected chi connectivity index (χ3v) is 3.31. The summed E-state index contributed by atoms with van der Waals surface area (Å²) in [6.07, 6.45) is 1.90. The lowest BCUT2D eigenvalue weighted by Crippen LogP contribution is -1.87. The van der Waals surface area contributed by atoms with Crippen molar-refractivity contribution in [3.05, 3.63) is 27.7 Å². The molecule has 0 spiro atoms. The van der Waals surface area contributed by atoms with Crippen molar-refractivity contribution in [2.75, 3.05) is 6.26 Å². The summed E-state index contributed by atoms with van der Waals surface area (Å²) < 4.78 is 0. The van der Waals surface area contributed by atoms with Gasteiger partial charge in [-0.1, -0.05) is 29.3 Å². The van der Waals surface area contributed by atoms with Gasteiger partial charge in [-0.25, -0.2) is 0 Å². The van der Waals surface area contributed by atoms with E-state index >= 15 is 0 Å². The molecule has 0 aliphatic carbocycles. The van der Waals surface area contributed by atoms with Crippen LogP contribution in [0.1, 0.15) is 5.56 Å². The first-order chi connectivity index (χ1) is 5.70. The second-order valence-corrected chi connectivity index (χ2v) is 3.81. The zero-order valence-electron chi connectivity index (χ0n) is 6.47. The lowest BCUT2D eigenvalue weighted by molar-refractivity contribution is 0.281. The summed E-state index contributed by atoms with van der Waals surface area (Å²) in [7, 11) is 0. The average Bonchev–Trinajstić information content (AvgIpc) is 2.06. The highest BCUT2D eigenvalue weighted by atomic mass is 35.5. The van der Waals surface area contributed by atoms with E-state index in [1.165, 1.54) is 11.8 Å². The molecule has 0 atom stereocenters. The maximum atomic E-state index is 8.89. The van der Waals surface area contributed by atoms with E-state index in [2.05, 4.69) is 0 Å². The Balaban J connectivity index is 3.24. The summed E-state index contributed by atoms with van der Waals surface area (Å²) in [5.41, 5.74) is 0.713. The number of hydrogen-bond acceptors (Lipinski definition) is 2. The Kier molecular flexibility index (Phi) is 3.72. The van der Waals surface area contributed by atoms with E-state index in [9.17, 15) is 0 Å². The standard InChI is InChI=1S/C8H8Cl2OS/c1-12-8-6(9)3-2-5(4-11)7(8)10/h2-3,11H,4H2,1H3. The van der Waals surface area contributed by atoms with E-state index in [-0.39, 0.29) is 6.61 Å². The molecule has 0 heterocycles. The van der Waals surface area contributed by atoms with Gasteiger partial charge in [-0.2, -0.15) is 0 Å². The number of aliphatic hydroxyl groups is 1. The Labute approximate surface area is 85.7 Å². The van der Waals surface area contributed by atoms with Crippen molar-refractivity contribution in [2.24, 2.45) is 0 Å². The molecule has 0 aliphatic rings. The van der Waals surface area contributed by atoms with Gasteiger partial charge in [-0.15, -0.1) is 11.8 Å². The fourth-order valence-electron chi connectivity index (χ4n) is 0.882. The quantitative estimate of drug-likeness (QED) is 0.777. The maximum Gasteiger partial charge on any atom is 0.0696 e. The Morgan fingerprint density at radius 2 is 2.08 bits per heavy atom. The van der Waals surface area contributed by atoms with Gasteiger partial charge in [-0.3, -0.25) is 0 Å². The molecule has 66 valence electrons. The molecule has 12 heavy (non-hydrogen) atoms. The van der Waals surface area contributed by atoms with Crippen molar-refractivity contribution in [3.8, 4) is 0 Å². The third-order valence-electron chi connectivity index (χ3n) is 1.50. The van der Waals surface area contributed by atoms with E-state index in [0.717, 1.165) is 4.90 Å². The van der Waals surface area contributed by atoms with Crippen molar-refractivity contribution >= 4 is 35.0 Å². The van der Waals surface area contributed by atoms with Crippen LogP contribution in [0.5, 0.6) is 0 Å². The summed E-state index contributed by atoms with van der Waals surface area (Å²) in [4.78, 5) is 0.824. The summed E-state index contributed by atoms with van der Waals surface area (Å²) in [6, 6.07) is 3.47. The molecule has 1 aromatic carbocycles. The van der Waals surface area contributed by atoms with Crippen LogP contribution in [0, 0.1) is 0 Å². The van der Waals surface area contributed by atoms with Crippen LogP contribution in [0.25, 0.3) is 0 Å². The Hall–Kier alpha value is 0.110. The van der Waals surface area contributed by atoms with Gasteiger partial charge in [0.2, 0.25) is 0 Å². The number of thioether (sulfide) groups is 1. The lowest BCUT2D eigenvalue weighted by atomic mass is 10.2. The van der Waals surface area contributed by atoms with E-state index in [4.69, 9.17) is 28.3 Å². The van der Waals surface area contributed by atoms with Gasteiger partial charge in [0.25, 0.3) is 0 Å². The molecular formula is C8H8Cl2OS. The summed E-state index contributed by atoms with van der Waals surface area (Å²) >= 11 is 13.3. The van der Waals surface area contributed by atoms with Crippen LogP contribution in [0.4, 0.5) is 0 Å². The largest absolute Gasteiger partial charge is 0.392 e. The first-order valence-electron chi connectivity index (χ1n) is 3.32. The monoisotopic (exact) mass is 222 g/mol. The van der Waals surface area contributed by atoms with E-state index in [0.29, 0.717) is 15.6 Å². The summed E-state index contributed by atoms with van der Waals surface area (Å²) in [5, 5.41) is 10.1. The van der Waals surface area contributed by atoms with Crippen molar-refractivity contribution in [2.45, 2.75) is 11.5 Å². The molecule has 1 aromatic rings. The zero-order valence-corrected chi connectivity index (χ0v) is 8.80. The van der Waals surface area contributed by atoms with Gasteiger partial charge < -0.3 is 5.11 Å². The summed E-state index contributed by atoms with van der Waals surface area (Å²) in [5.74, 6) is 0. The number of rotatable bonds is 2.